The summed E-state index contributed by atoms with van der Waals surface area (Å²) in [6.07, 6.45) is 0. The van der Waals surface area contributed by atoms with Crippen molar-refractivity contribution in [3.8, 4) is 0 Å². The van der Waals surface area contributed by atoms with Crippen molar-refractivity contribution in [2.24, 2.45) is 0 Å². The van der Waals surface area contributed by atoms with Crippen LogP contribution < -0.4 is 5.32 Å². The Kier molecular flexibility index (Phi) is 4.26. The fourth-order valence-electron chi connectivity index (χ4n) is 2.20. The fourth-order valence-corrected chi connectivity index (χ4v) is 3.17. The number of anilines is 1. The molecule has 0 atom stereocenters. The summed E-state index contributed by atoms with van der Waals surface area (Å²) >= 11 is 1.14. The van der Waals surface area contributed by atoms with Crippen LogP contribution in [0.25, 0.3) is 10.1 Å². The molecular weight excluding hydrogens is 336 g/mol. The van der Waals surface area contributed by atoms with Gasteiger partial charge in [0.25, 0.3) is 5.91 Å². The summed E-state index contributed by atoms with van der Waals surface area (Å²) in [5.41, 5.74) is -0.0441. The standard InChI is InChI=1S/C17H11F2NO3S/c1-23-17(22)11-7-9(5-6-13(11)19)20-16(21)15-8-10-12(18)3-2-4-14(10)24-15/h2-8H,1H3,(H,20,21). The van der Waals surface area contributed by atoms with E-state index in [4.69, 9.17) is 0 Å². The molecule has 122 valence electrons. The van der Waals surface area contributed by atoms with Gasteiger partial charge in [-0.1, -0.05) is 6.07 Å². The summed E-state index contributed by atoms with van der Waals surface area (Å²) in [4.78, 5) is 24.1. The first-order chi connectivity index (χ1) is 11.5. The average Bonchev–Trinajstić information content (AvgIpc) is 3.01. The molecule has 0 aliphatic carbocycles. The third-order valence-corrected chi connectivity index (χ3v) is 4.46. The lowest BCUT2D eigenvalue weighted by Crippen LogP contribution is -2.12. The predicted molar refractivity (Wildman–Crippen MR) is 87.5 cm³/mol. The van der Waals surface area contributed by atoms with E-state index in [1.165, 1.54) is 24.3 Å². The molecule has 4 nitrogen and oxygen atoms in total. The Morgan fingerprint density at radius 2 is 1.88 bits per heavy atom. The highest BCUT2D eigenvalue weighted by Gasteiger charge is 2.16. The van der Waals surface area contributed by atoms with Crippen molar-refractivity contribution in [1.82, 2.24) is 0 Å². The van der Waals surface area contributed by atoms with Gasteiger partial charge in [0.1, 0.15) is 11.6 Å². The van der Waals surface area contributed by atoms with Crippen LogP contribution in [-0.4, -0.2) is 19.0 Å². The minimum absolute atomic E-state index is 0.236. The number of benzene rings is 2. The zero-order valence-corrected chi connectivity index (χ0v) is 13.2. The second-order valence-corrected chi connectivity index (χ2v) is 5.99. The number of rotatable bonds is 3. The molecule has 7 heteroatoms. The minimum atomic E-state index is -0.840. The maximum atomic E-state index is 13.7. The van der Waals surface area contributed by atoms with E-state index in [9.17, 15) is 18.4 Å². The molecule has 0 spiro atoms. The second-order valence-electron chi connectivity index (χ2n) is 4.90. The highest BCUT2D eigenvalue weighted by Crippen LogP contribution is 2.28. The molecule has 0 unspecified atom stereocenters. The van der Waals surface area contributed by atoms with Crippen LogP contribution in [0.5, 0.6) is 0 Å². The van der Waals surface area contributed by atoms with Gasteiger partial charge in [0.15, 0.2) is 0 Å². The minimum Gasteiger partial charge on any atom is -0.465 e. The van der Waals surface area contributed by atoms with E-state index < -0.39 is 23.5 Å². The molecule has 0 aliphatic heterocycles. The van der Waals surface area contributed by atoms with Crippen LogP contribution in [0.1, 0.15) is 20.0 Å². The molecule has 1 N–H and O–H groups in total. The third kappa shape index (κ3) is 2.98. The van der Waals surface area contributed by atoms with Crippen LogP contribution in [-0.2, 0) is 4.74 Å². The van der Waals surface area contributed by atoms with Gasteiger partial charge in [-0.25, -0.2) is 13.6 Å². The number of nitrogens with one attached hydrogen (secondary N) is 1. The van der Waals surface area contributed by atoms with Crippen molar-refractivity contribution >= 4 is 39.0 Å². The molecular formula is C17H11F2NO3S. The van der Waals surface area contributed by atoms with E-state index in [1.54, 1.807) is 12.1 Å². The van der Waals surface area contributed by atoms with E-state index in [0.29, 0.717) is 15.0 Å². The van der Waals surface area contributed by atoms with Gasteiger partial charge in [0.2, 0.25) is 0 Å². The van der Waals surface area contributed by atoms with Gasteiger partial charge in [-0.05, 0) is 36.4 Å². The molecule has 1 amide bonds. The van der Waals surface area contributed by atoms with Crippen molar-refractivity contribution < 1.29 is 23.1 Å². The molecule has 0 saturated heterocycles. The molecule has 1 heterocycles. The summed E-state index contributed by atoms with van der Waals surface area (Å²) in [7, 11) is 1.14. The summed E-state index contributed by atoms with van der Waals surface area (Å²) in [5, 5.41) is 2.92. The molecule has 0 aliphatic rings. The Hall–Kier alpha value is -2.80. The summed E-state index contributed by atoms with van der Waals surface area (Å²) < 4.78 is 32.4. The Bertz CT molecular complexity index is 952. The lowest BCUT2D eigenvalue weighted by atomic mass is 10.2. The molecule has 24 heavy (non-hydrogen) atoms. The van der Waals surface area contributed by atoms with Gasteiger partial charge in [0.05, 0.1) is 17.6 Å². The van der Waals surface area contributed by atoms with Crippen molar-refractivity contribution in [2.75, 3.05) is 12.4 Å². The number of thiophene rings is 1. The van der Waals surface area contributed by atoms with Crippen LogP contribution in [0.2, 0.25) is 0 Å². The van der Waals surface area contributed by atoms with Crippen LogP contribution in [0.3, 0.4) is 0 Å². The van der Waals surface area contributed by atoms with Gasteiger partial charge in [0, 0.05) is 15.8 Å². The quantitative estimate of drug-likeness (QED) is 0.722. The van der Waals surface area contributed by atoms with Crippen molar-refractivity contribution in [1.29, 1.82) is 0 Å². The predicted octanol–water partition coefficient (Wildman–Crippen LogP) is 4.22. The molecule has 1 aromatic heterocycles. The first-order valence-corrected chi connectivity index (χ1v) is 7.68. The summed E-state index contributed by atoms with van der Waals surface area (Å²) in [5.74, 6) is -2.47. The highest BCUT2D eigenvalue weighted by molar-refractivity contribution is 7.20. The van der Waals surface area contributed by atoms with Crippen molar-refractivity contribution in [2.45, 2.75) is 0 Å². The first-order valence-electron chi connectivity index (χ1n) is 6.87. The second kappa shape index (κ2) is 6.37. The fraction of sp³-hybridized carbons (Fsp3) is 0.0588. The number of halogens is 2. The van der Waals surface area contributed by atoms with Gasteiger partial charge >= 0.3 is 5.97 Å². The number of hydrogen-bond donors (Lipinski definition) is 1. The normalized spacial score (nSPS) is 10.6. The summed E-state index contributed by atoms with van der Waals surface area (Å²) in [6.45, 7) is 0. The Morgan fingerprint density at radius 3 is 2.58 bits per heavy atom. The van der Waals surface area contributed by atoms with Crippen molar-refractivity contribution in [3.63, 3.8) is 0 Å². The molecule has 2 aromatic carbocycles. The van der Waals surface area contributed by atoms with Crippen LogP contribution >= 0.6 is 11.3 Å². The van der Waals surface area contributed by atoms with Gasteiger partial charge in [-0.2, -0.15) is 0 Å². The largest absolute Gasteiger partial charge is 0.465 e. The number of carbonyl (C=O) groups is 2. The van der Waals surface area contributed by atoms with E-state index in [1.807, 2.05) is 0 Å². The van der Waals surface area contributed by atoms with Gasteiger partial charge < -0.3 is 10.1 Å². The number of carbonyl (C=O) groups excluding carboxylic acids is 2. The highest BCUT2D eigenvalue weighted by atomic mass is 32.1. The number of amides is 1. The maximum absolute atomic E-state index is 13.7. The number of ether oxygens (including phenoxy) is 1. The lowest BCUT2D eigenvalue weighted by Gasteiger charge is -2.06. The van der Waals surface area contributed by atoms with E-state index in [-0.39, 0.29) is 11.3 Å². The SMILES string of the molecule is COC(=O)c1cc(NC(=O)c2cc3c(F)cccc3s2)ccc1F. The molecule has 0 bridgehead atoms. The Labute approximate surface area is 139 Å². The molecule has 0 fully saturated rings. The van der Waals surface area contributed by atoms with Crippen LogP contribution in [0.4, 0.5) is 14.5 Å². The van der Waals surface area contributed by atoms with E-state index in [2.05, 4.69) is 10.1 Å². The van der Waals surface area contributed by atoms with E-state index >= 15 is 0 Å². The number of esters is 1. The van der Waals surface area contributed by atoms with Gasteiger partial charge in [-0.3, -0.25) is 4.79 Å². The maximum Gasteiger partial charge on any atom is 0.340 e. The first kappa shape index (κ1) is 16.1. The van der Waals surface area contributed by atoms with Crippen molar-refractivity contribution in [3.05, 3.63) is 64.5 Å². The molecule has 0 radical (unpaired) electrons. The zero-order chi connectivity index (χ0) is 17.3. The number of hydrogen-bond acceptors (Lipinski definition) is 4. The molecule has 3 rings (SSSR count). The Morgan fingerprint density at radius 1 is 1.08 bits per heavy atom. The van der Waals surface area contributed by atoms with Crippen LogP contribution in [0.15, 0.2) is 42.5 Å². The van der Waals surface area contributed by atoms with E-state index in [0.717, 1.165) is 24.5 Å². The van der Waals surface area contributed by atoms with Gasteiger partial charge in [-0.15, -0.1) is 11.3 Å². The lowest BCUT2D eigenvalue weighted by molar-refractivity contribution is 0.0595. The Balaban J connectivity index is 1.88. The number of methoxy groups -OCH3 is 1. The smallest absolute Gasteiger partial charge is 0.340 e. The topological polar surface area (TPSA) is 55.4 Å². The molecule has 3 aromatic rings. The average molecular weight is 347 g/mol. The number of fused-ring (bicyclic) bond motifs is 1. The third-order valence-electron chi connectivity index (χ3n) is 3.36. The zero-order valence-electron chi connectivity index (χ0n) is 12.4. The monoisotopic (exact) mass is 347 g/mol. The summed E-state index contributed by atoms with van der Waals surface area (Å²) in [6, 6.07) is 9.63. The van der Waals surface area contributed by atoms with Crippen LogP contribution in [0, 0.1) is 11.6 Å². The molecule has 0 saturated carbocycles.